The Balaban J connectivity index is 2.18. The van der Waals surface area contributed by atoms with Gasteiger partial charge in [-0.05, 0) is 30.3 Å². The number of benzene rings is 2. The molecule has 1 aromatic heterocycles. The molecule has 0 atom stereocenters. The van der Waals surface area contributed by atoms with Crippen molar-refractivity contribution >= 4 is 33.0 Å². The first-order chi connectivity index (χ1) is 11.1. The Morgan fingerprint density at radius 2 is 2.09 bits per heavy atom. The van der Waals surface area contributed by atoms with Crippen molar-refractivity contribution in [3.8, 4) is 5.75 Å². The Morgan fingerprint density at radius 1 is 1.30 bits per heavy atom. The predicted molar refractivity (Wildman–Crippen MR) is 94.2 cm³/mol. The van der Waals surface area contributed by atoms with Crippen LogP contribution in [0.4, 0.5) is 0 Å². The van der Waals surface area contributed by atoms with E-state index in [0.717, 1.165) is 4.47 Å². The molecule has 23 heavy (non-hydrogen) atoms. The van der Waals surface area contributed by atoms with Crippen LogP contribution in [0.25, 0.3) is 10.9 Å². The van der Waals surface area contributed by atoms with Crippen LogP contribution in [0.15, 0.2) is 56.8 Å². The molecular formula is C17H14BrN3O2. The fourth-order valence-corrected chi connectivity index (χ4v) is 2.62. The Hall–Kier alpha value is -2.47. The molecule has 0 saturated carbocycles. The fourth-order valence-electron chi connectivity index (χ4n) is 2.26. The molecule has 6 heteroatoms. The summed E-state index contributed by atoms with van der Waals surface area (Å²) in [6, 6.07) is 12.2. The van der Waals surface area contributed by atoms with Crippen LogP contribution >= 0.6 is 15.9 Å². The van der Waals surface area contributed by atoms with Gasteiger partial charge in [-0.25, -0.2) is 4.98 Å². The zero-order valence-electron chi connectivity index (χ0n) is 12.4. The van der Waals surface area contributed by atoms with E-state index >= 15 is 0 Å². The minimum Gasteiger partial charge on any atom is -0.507 e. The molecule has 3 rings (SSSR count). The molecular weight excluding hydrogens is 358 g/mol. The Morgan fingerprint density at radius 3 is 2.83 bits per heavy atom. The maximum Gasteiger partial charge on any atom is 0.282 e. The van der Waals surface area contributed by atoms with Crippen molar-refractivity contribution in [3.63, 3.8) is 0 Å². The maximum absolute atomic E-state index is 12.7. The summed E-state index contributed by atoms with van der Waals surface area (Å²) in [5, 5.41) is 14.5. The highest BCUT2D eigenvalue weighted by Gasteiger charge is 2.09. The van der Waals surface area contributed by atoms with E-state index in [9.17, 15) is 9.90 Å². The van der Waals surface area contributed by atoms with Crippen LogP contribution in [0, 0.1) is 0 Å². The van der Waals surface area contributed by atoms with Crippen LogP contribution in [0.1, 0.15) is 18.3 Å². The molecule has 0 spiro atoms. The van der Waals surface area contributed by atoms with E-state index in [2.05, 4.69) is 26.0 Å². The van der Waals surface area contributed by atoms with Gasteiger partial charge in [0, 0.05) is 16.5 Å². The number of halogens is 1. The van der Waals surface area contributed by atoms with E-state index in [-0.39, 0.29) is 11.3 Å². The lowest BCUT2D eigenvalue weighted by molar-refractivity contribution is 0.474. The van der Waals surface area contributed by atoms with Crippen molar-refractivity contribution in [3.05, 3.63) is 68.7 Å². The second-order valence-electron chi connectivity index (χ2n) is 4.96. The summed E-state index contributed by atoms with van der Waals surface area (Å²) in [5.41, 5.74) is 0.944. The molecule has 2 aromatic carbocycles. The lowest BCUT2D eigenvalue weighted by Gasteiger charge is -2.07. The number of aryl methyl sites for hydroxylation is 1. The first kappa shape index (κ1) is 15.4. The van der Waals surface area contributed by atoms with Gasteiger partial charge in [-0.1, -0.05) is 35.0 Å². The maximum atomic E-state index is 12.7. The van der Waals surface area contributed by atoms with Gasteiger partial charge in [0.25, 0.3) is 5.56 Å². The Labute approximate surface area is 141 Å². The molecule has 116 valence electrons. The summed E-state index contributed by atoms with van der Waals surface area (Å²) in [7, 11) is 0. The Bertz CT molecular complexity index is 964. The number of rotatable bonds is 3. The zero-order valence-corrected chi connectivity index (χ0v) is 14.0. The van der Waals surface area contributed by atoms with Crippen LogP contribution in [-0.2, 0) is 6.42 Å². The lowest BCUT2D eigenvalue weighted by Crippen LogP contribution is -2.22. The van der Waals surface area contributed by atoms with E-state index in [1.54, 1.807) is 36.4 Å². The summed E-state index contributed by atoms with van der Waals surface area (Å²) in [5.74, 6) is 0.676. The third-order valence-corrected chi connectivity index (χ3v) is 3.93. The van der Waals surface area contributed by atoms with Crippen molar-refractivity contribution in [2.75, 3.05) is 0 Å². The van der Waals surface area contributed by atoms with E-state index in [4.69, 9.17) is 0 Å². The van der Waals surface area contributed by atoms with Gasteiger partial charge >= 0.3 is 0 Å². The summed E-state index contributed by atoms with van der Waals surface area (Å²) in [6.45, 7) is 1.92. The molecule has 0 radical (unpaired) electrons. The number of phenolic OH excluding ortho intramolecular Hbond substituents is 1. The van der Waals surface area contributed by atoms with Gasteiger partial charge in [-0.3, -0.25) is 4.79 Å². The number of aromatic hydroxyl groups is 1. The van der Waals surface area contributed by atoms with Gasteiger partial charge in [-0.2, -0.15) is 9.78 Å². The van der Waals surface area contributed by atoms with Crippen molar-refractivity contribution in [2.24, 2.45) is 5.10 Å². The average Bonchev–Trinajstić information content (AvgIpc) is 2.55. The number of hydrogen-bond acceptors (Lipinski definition) is 4. The normalized spacial score (nSPS) is 11.4. The summed E-state index contributed by atoms with van der Waals surface area (Å²) >= 11 is 3.36. The average molecular weight is 372 g/mol. The standard InChI is InChI=1S/C17H14BrN3O2/c1-2-16-20-14-8-7-12(18)9-13(14)17(23)21(16)19-10-11-5-3-4-6-15(11)22/h3-10,22H,2H2,1H3. The molecule has 0 unspecified atom stereocenters. The lowest BCUT2D eigenvalue weighted by atomic mass is 10.2. The van der Waals surface area contributed by atoms with Crippen LogP contribution < -0.4 is 5.56 Å². The first-order valence-corrected chi connectivity index (χ1v) is 7.93. The smallest absolute Gasteiger partial charge is 0.282 e. The number of nitrogens with zero attached hydrogens (tertiary/aromatic N) is 3. The molecule has 0 aliphatic heterocycles. The highest BCUT2D eigenvalue weighted by Crippen LogP contribution is 2.16. The first-order valence-electron chi connectivity index (χ1n) is 7.13. The van der Waals surface area contributed by atoms with Crippen molar-refractivity contribution in [1.29, 1.82) is 0 Å². The molecule has 0 aliphatic rings. The van der Waals surface area contributed by atoms with Crippen LogP contribution in [0.3, 0.4) is 0 Å². The minimum atomic E-state index is -0.236. The topological polar surface area (TPSA) is 67.5 Å². The quantitative estimate of drug-likeness (QED) is 0.718. The van der Waals surface area contributed by atoms with Crippen molar-refractivity contribution in [1.82, 2.24) is 9.66 Å². The van der Waals surface area contributed by atoms with Crippen molar-refractivity contribution < 1.29 is 5.11 Å². The van der Waals surface area contributed by atoms with Gasteiger partial charge in [0.2, 0.25) is 0 Å². The SMILES string of the molecule is CCc1nc2ccc(Br)cc2c(=O)n1N=Cc1ccccc1O. The van der Waals surface area contributed by atoms with Gasteiger partial charge in [-0.15, -0.1) is 0 Å². The van der Waals surface area contributed by atoms with Gasteiger partial charge in [0.05, 0.1) is 17.1 Å². The van der Waals surface area contributed by atoms with E-state index in [1.807, 2.05) is 13.0 Å². The fraction of sp³-hybridized carbons (Fsp3) is 0.118. The van der Waals surface area contributed by atoms with Gasteiger partial charge in [0.1, 0.15) is 11.6 Å². The van der Waals surface area contributed by atoms with E-state index in [1.165, 1.54) is 10.9 Å². The largest absolute Gasteiger partial charge is 0.507 e. The monoisotopic (exact) mass is 371 g/mol. The zero-order chi connectivity index (χ0) is 16.4. The molecule has 0 saturated heterocycles. The number of hydrogen-bond donors (Lipinski definition) is 1. The minimum absolute atomic E-state index is 0.110. The summed E-state index contributed by atoms with van der Waals surface area (Å²) in [6.07, 6.45) is 2.03. The van der Waals surface area contributed by atoms with Gasteiger partial charge in [0.15, 0.2) is 0 Å². The second-order valence-corrected chi connectivity index (χ2v) is 5.88. The predicted octanol–water partition coefficient (Wildman–Crippen LogP) is 3.31. The number of phenols is 1. The highest BCUT2D eigenvalue weighted by atomic mass is 79.9. The summed E-state index contributed by atoms with van der Waals surface area (Å²) in [4.78, 5) is 17.2. The molecule has 0 aliphatic carbocycles. The summed E-state index contributed by atoms with van der Waals surface area (Å²) < 4.78 is 2.09. The van der Waals surface area contributed by atoms with Crippen LogP contribution in [-0.4, -0.2) is 21.0 Å². The molecule has 0 bridgehead atoms. The highest BCUT2D eigenvalue weighted by molar-refractivity contribution is 9.10. The molecule has 3 aromatic rings. The third kappa shape index (κ3) is 3.03. The number of fused-ring (bicyclic) bond motifs is 1. The molecule has 1 heterocycles. The second kappa shape index (κ2) is 6.34. The Kier molecular flexibility index (Phi) is 4.25. The van der Waals surface area contributed by atoms with Gasteiger partial charge < -0.3 is 5.11 Å². The number of para-hydroxylation sites is 1. The van der Waals surface area contributed by atoms with Crippen LogP contribution in [0.5, 0.6) is 5.75 Å². The molecule has 0 fully saturated rings. The van der Waals surface area contributed by atoms with E-state index < -0.39 is 0 Å². The van der Waals surface area contributed by atoms with E-state index in [0.29, 0.717) is 28.7 Å². The van der Waals surface area contributed by atoms with Crippen LogP contribution in [0.2, 0.25) is 0 Å². The third-order valence-electron chi connectivity index (χ3n) is 3.44. The van der Waals surface area contributed by atoms with Crippen molar-refractivity contribution in [2.45, 2.75) is 13.3 Å². The molecule has 5 nitrogen and oxygen atoms in total. The molecule has 0 amide bonds. The number of aromatic nitrogens is 2. The molecule has 1 N–H and O–H groups in total.